The Morgan fingerprint density at radius 1 is 0.919 bits per heavy atom. The van der Waals surface area contributed by atoms with Crippen molar-refractivity contribution >= 4 is 69.9 Å². The lowest BCUT2D eigenvalue weighted by atomic mass is 9.80. The maximum atomic E-state index is 13.2. The first-order valence-corrected chi connectivity index (χ1v) is 12.6. The van der Waals surface area contributed by atoms with Gasteiger partial charge in [-0.3, -0.25) is 24.1 Å². The molecule has 9 nitrogen and oxygen atoms in total. The van der Waals surface area contributed by atoms with E-state index in [2.05, 4.69) is 10.6 Å². The number of esters is 1. The predicted octanol–water partition coefficient (Wildman–Crippen LogP) is 3.41. The summed E-state index contributed by atoms with van der Waals surface area (Å²) < 4.78 is 5.13. The number of nitrogens with zero attached hydrogens (tertiary/aromatic N) is 1. The second kappa shape index (κ2) is 9.79. The Balaban J connectivity index is 1.21. The van der Waals surface area contributed by atoms with Crippen LogP contribution >= 0.6 is 23.2 Å². The molecular weight excluding hydrogens is 521 g/mol. The zero-order valence-electron chi connectivity index (χ0n) is 19.6. The summed E-state index contributed by atoms with van der Waals surface area (Å²) in [5, 5.41) is 4.50. The molecule has 1 saturated heterocycles. The Morgan fingerprint density at radius 2 is 1.49 bits per heavy atom. The van der Waals surface area contributed by atoms with Crippen LogP contribution in [0.3, 0.4) is 0 Å². The minimum absolute atomic E-state index is 0.0935. The van der Waals surface area contributed by atoms with Crippen LogP contribution in [-0.4, -0.2) is 47.0 Å². The molecule has 37 heavy (non-hydrogen) atoms. The average Bonchev–Trinajstić information content (AvgIpc) is 3.48. The van der Waals surface area contributed by atoms with Crippen LogP contribution in [0.25, 0.3) is 0 Å². The Bertz CT molecular complexity index is 1270. The fourth-order valence-electron chi connectivity index (χ4n) is 5.63. The number of nitrogens with one attached hydrogen (secondary N) is 2. The van der Waals surface area contributed by atoms with Crippen LogP contribution in [0.5, 0.6) is 0 Å². The highest BCUT2D eigenvalue weighted by Crippen LogP contribution is 2.59. The van der Waals surface area contributed by atoms with Gasteiger partial charge in [-0.25, -0.2) is 4.79 Å². The summed E-state index contributed by atoms with van der Waals surface area (Å²) in [5.74, 6) is -3.49. The second-order valence-corrected chi connectivity index (χ2v) is 10.5. The molecular formula is C26H23Cl2N3O6. The summed E-state index contributed by atoms with van der Waals surface area (Å²) in [6.07, 6.45) is 0.664. The molecule has 192 valence electrons. The fraction of sp³-hybridized carbons (Fsp3) is 0.346. The van der Waals surface area contributed by atoms with E-state index in [-0.39, 0.29) is 51.6 Å². The number of carbonyl (C=O) groups excluding carboxylic acids is 5. The van der Waals surface area contributed by atoms with Crippen molar-refractivity contribution in [3.8, 4) is 0 Å². The highest BCUT2D eigenvalue weighted by atomic mass is 35.5. The number of amides is 4. The molecule has 0 spiro atoms. The van der Waals surface area contributed by atoms with Crippen LogP contribution < -0.4 is 15.5 Å². The SMILES string of the molecule is CC(=O)Nc1ccc(NC(=O)COC(=O)c2cccc(N3C(=O)[C@@H]4[C@H]5C[C@@H]([C@@H](Cl)[C@H]5Cl)[C@H]4C3=O)c2)cc1. The molecule has 2 N–H and O–H groups in total. The van der Waals surface area contributed by atoms with Crippen LogP contribution in [-0.2, 0) is 23.9 Å². The zero-order chi connectivity index (χ0) is 26.4. The van der Waals surface area contributed by atoms with Crippen molar-refractivity contribution in [2.24, 2.45) is 23.7 Å². The molecule has 6 atom stereocenters. The number of anilines is 3. The Morgan fingerprint density at radius 3 is 2.05 bits per heavy atom. The van der Waals surface area contributed by atoms with Crippen molar-refractivity contribution < 1.29 is 28.7 Å². The molecule has 0 aromatic heterocycles. The number of alkyl halides is 2. The van der Waals surface area contributed by atoms with Crippen LogP contribution in [0.2, 0.25) is 0 Å². The molecule has 1 heterocycles. The molecule has 2 aromatic rings. The van der Waals surface area contributed by atoms with Gasteiger partial charge in [0.05, 0.1) is 33.8 Å². The van der Waals surface area contributed by atoms with Crippen molar-refractivity contribution in [3.63, 3.8) is 0 Å². The summed E-state index contributed by atoms with van der Waals surface area (Å²) in [7, 11) is 0. The monoisotopic (exact) mass is 543 g/mol. The minimum Gasteiger partial charge on any atom is -0.452 e. The van der Waals surface area contributed by atoms with Crippen LogP contribution in [0.4, 0.5) is 17.1 Å². The van der Waals surface area contributed by atoms with Gasteiger partial charge in [-0.1, -0.05) is 6.07 Å². The zero-order valence-corrected chi connectivity index (χ0v) is 21.2. The van der Waals surface area contributed by atoms with E-state index in [4.69, 9.17) is 27.9 Å². The number of hydrogen-bond acceptors (Lipinski definition) is 6. The molecule has 2 aromatic carbocycles. The van der Waals surface area contributed by atoms with E-state index in [9.17, 15) is 24.0 Å². The van der Waals surface area contributed by atoms with Gasteiger partial charge in [0, 0.05) is 18.3 Å². The molecule has 1 aliphatic heterocycles. The smallest absolute Gasteiger partial charge is 0.338 e. The van der Waals surface area contributed by atoms with Gasteiger partial charge in [-0.05, 0) is 60.7 Å². The van der Waals surface area contributed by atoms with E-state index in [0.717, 1.165) is 4.90 Å². The number of benzene rings is 2. The molecule has 0 radical (unpaired) electrons. The van der Waals surface area contributed by atoms with Crippen LogP contribution in [0.1, 0.15) is 23.7 Å². The van der Waals surface area contributed by atoms with Gasteiger partial charge in [0.2, 0.25) is 17.7 Å². The van der Waals surface area contributed by atoms with Crippen molar-refractivity contribution in [1.29, 1.82) is 0 Å². The van der Waals surface area contributed by atoms with E-state index in [1.54, 1.807) is 36.4 Å². The minimum atomic E-state index is -0.779. The Kier molecular flexibility index (Phi) is 6.68. The molecule has 2 saturated carbocycles. The topological polar surface area (TPSA) is 122 Å². The van der Waals surface area contributed by atoms with Gasteiger partial charge in [0.25, 0.3) is 5.91 Å². The summed E-state index contributed by atoms with van der Waals surface area (Å²) in [4.78, 5) is 63.4. The lowest BCUT2D eigenvalue weighted by Gasteiger charge is -2.28. The van der Waals surface area contributed by atoms with Gasteiger partial charge in [-0.2, -0.15) is 0 Å². The molecule has 4 amide bonds. The van der Waals surface area contributed by atoms with Crippen LogP contribution in [0, 0.1) is 23.7 Å². The summed E-state index contributed by atoms with van der Waals surface area (Å²) in [6, 6.07) is 12.4. The predicted molar refractivity (Wildman–Crippen MR) is 136 cm³/mol. The largest absolute Gasteiger partial charge is 0.452 e. The second-order valence-electron chi connectivity index (χ2n) is 9.45. The molecule has 3 fully saturated rings. The van der Waals surface area contributed by atoms with Gasteiger partial charge in [0.1, 0.15) is 0 Å². The van der Waals surface area contributed by atoms with E-state index >= 15 is 0 Å². The molecule has 11 heteroatoms. The molecule has 2 bridgehead atoms. The van der Waals surface area contributed by atoms with Gasteiger partial charge in [0.15, 0.2) is 6.61 Å². The first-order valence-electron chi connectivity index (χ1n) is 11.8. The lowest BCUT2D eigenvalue weighted by molar-refractivity contribution is -0.123. The lowest BCUT2D eigenvalue weighted by Crippen LogP contribution is -2.37. The summed E-state index contributed by atoms with van der Waals surface area (Å²) in [6.45, 7) is 0.847. The Labute approximate surface area is 222 Å². The molecule has 5 rings (SSSR count). The number of fused-ring (bicyclic) bond motifs is 5. The molecule has 2 aliphatic carbocycles. The fourth-order valence-corrected chi connectivity index (χ4v) is 6.52. The number of hydrogen-bond donors (Lipinski definition) is 2. The van der Waals surface area contributed by atoms with Crippen LogP contribution in [0.15, 0.2) is 48.5 Å². The summed E-state index contributed by atoms with van der Waals surface area (Å²) in [5.41, 5.74) is 1.39. The van der Waals surface area contributed by atoms with E-state index in [1.807, 2.05) is 0 Å². The van der Waals surface area contributed by atoms with Gasteiger partial charge in [-0.15, -0.1) is 23.2 Å². The first-order chi connectivity index (χ1) is 17.7. The standard InChI is InChI=1S/C26H23Cl2N3O6/c1-12(32)29-14-5-7-15(8-6-14)30-19(33)11-37-26(36)13-3-2-4-16(9-13)31-24(34)20-17-10-18(21(20)25(31)35)23(28)22(17)27/h2-9,17-18,20-23H,10-11H2,1H3,(H,29,32)(H,30,33)/t17-,18-,20-,21-,22-,23+/m1/s1. The highest BCUT2D eigenvalue weighted by molar-refractivity contribution is 6.32. The third-order valence-corrected chi connectivity index (χ3v) is 8.47. The van der Waals surface area contributed by atoms with Gasteiger partial charge < -0.3 is 15.4 Å². The van der Waals surface area contributed by atoms with E-state index in [0.29, 0.717) is 17.8 Å². The average molecular weight is 544 g/mol. The number of rotatable bonds is 6. The van der Waals surface area contributed by atoms with E-state index < -0.39 is 30.3 Å². The normalized spacial score (nSPS) is 27.7. The first kappa shape index (κ1) is 25.2. The maximum Gasteiger partial charge on any atom is 0.338 e. The van der Waals surface area contributed by atoms with Gasteiger partial charge >= 0.3 is 5.97 Å². The maximum absolute atomic E-state index is 13.2. The Hall–Kier alpha value is -3.43. The highest BCUT2D eigenvalue weighted by Gasteiger charge is 2.66. The molecule has 0 unspecified atom stereocenters. The number of imide groups is 1. The number of carbonyl (C=O) groups is 5. The van der Waals surface area contributed by atoms with Crippen molar-refractivity contribution in [1.82, 2.24) is 0 Å². The quantitative estimate of drug-likeness (QED) is 0.327. The van der Waals surface area contributed by atoms with Crippen molar-refractivity contribution in [2.75, 3.05) is 22.1 Å². The third kappa shape index (κ3) is 4.57. The molecule has 3 aliphatic rings. The third-order valence-electron chi connectivity index (χ3n) is 7.15. The summed E-state index contributed by atoms with van der Waals surface area (Å²) >= 11 is 12.8. The van der Waals surface area contributed by atoms with E-state index in [1.165, 1.54) is 19.1 Å². The van der Waals surface area contributed by atoms with Crippen molar-refractivity contribution in [3.05, 3.63) is 54.1 Å². The number of halogens is 2. The number of ether oxygens (including phenoxy) is 1. The van der Waals surface area contributed by atoms with Crippen molar-refractivity contribution in [2.45, 2.75) is 24.1 Å².